The Labute approximate surface area is 133 Å². The number of carbonyl (C=O) groups excluding carboxylic acids is 1. The number of carbonyl (C=O) groups is 1. The van der Waals surface area contributed by atoms with Gasteiger partial charge in [0.1, 0.15) is 16.8 Å². The summed E-state index contributed by atoms with van der Waals surface area (Å²) in [5, 5.41) is 0. The number of nitrogens with zero attached hydrogens (tertiary/aromatic N) is 1. The summed E-state index contributed by atoms with van der Waals surface area (Å²) in [6.45, 7) is 2.17. The predicted molar refractivity (Wildman–Crippen MR) is 91.7 cm³/mol. The highest BCUT2D eigenvalue weighted by atomic mass is 32.2. The van der Waals surface area contributed by atoms with Gasteiger partial charge in [-0.15, -0.1) is 0 Å². The minimum absolute atomic E-state index is 0.105. The molecule has 0 amide bonds. The minimum Gasteiger partial charge on any atom is -0.466 e. The van der Waals surface area contributed by atoms with Crippen molar-refractivity contribution in [2.24, 2.45) is 0 Å². The molecule has 0 saturated heterocycles. The van der Waals surface area contributed by atoms with Crippen molar-refractivity contribution in [2.45, 2.75) is 11.8 Å². The second-order valence-electron chi connectivity index (χ2n) is 4.83. The van der Waals surface area contributed by atoms with Crippen molar-refractivity contribution in [3.8, 4) is 11.1 Å². The Kier molecular flexibility index (Phi) is 4.20. The molecule has 0 radical (unpaired) electrons. The van der Waals surface area contributed by atoms with E-state index in [0.717, 1.165) is 11.4 Å². The number of esters is 1. The maximum absolute atomic E-state index is 11.5. The van der Waals surface area contributed by atoms with E-state index in [2.05, 4.69) is 47.6 Å². The molecule has 1 atom stereocenters. The highest BCUT2D eigenvalue weighted by Crippen LogP contribution is 2.43. The van der Waals surface area contributed by atoms with Crippen LogP contribution in [0.5, 0.6) is 0 Å². The number of fused-ring (bicyclic) bond motifs is 3. The summed E-state index contributed by atoms with van der Waals surface area (Å²) in [4.78, 5) is 12.8. The summed E-state index contributed by atoms with van der Waals surface area (Å²) in [5.74, 6) is 0.646. The van der Waals surface area contributed by atoms with Gasteiger partial charge < -0.3 is 4.74 Å². The van der Waals surface area contributed by atoms with Crippen molar-refractivity contribution in [1.29, 1.82) is 0 Å². The van der Waals surface area contributed by atoms with Gasteiger partial charge in [-0.3, -0.25) is 0 Å². The van der Waals surface area contributed by atoms with E-state index >= 15 is 0 Å². The van der Waals surface area contributed by atoms with Crippen LogP contribution in [0.2, 0.25) is 0 Å². The van der Waals surface area contributed by atoms with Crippen LogP contribution in [0.4, 0.5) is 5.69 Å². The molecule has 1 unspecified atom stereocenters. The molecule has 0 spiro atoms. The van der Waals surface area contributed by atoms with Crippen LogP contribution >= 0.6 is 0 Å². The van der Waals surface area contributed by atoms with Gasteiger partial charge in [-0.1, -0.05) is 30.3 Å². The summed E-state index contributed by atoms with van der Waals surface area (Å²) in [5.41, 5.74) is 3.61. The first-order chi connectivity index (χ1) is 10.8. The van der Waals surface area contributed by atoms with Crippen molar-refractivity contribution in [2.75, 3.05) is 17.2 Å². The Balaban J connectivity index is 2.14. The molecule has 1 aliphatic rings. The Hall–Kier alpha value is -2.20. The second-order valence-corrected chi connectivity index (χ2v) is 6.97. The zero-order chi connectivity index (χ0) is 15.5. The third kappa shape index (κ3) is 2.50. The molecule has 0 bridgehead atoms. The molecule has 1 heterocycles. The number of hydrogen-bond donors (Lipinski definition) is 0. The van der Waals surface area contributed by atoms with E-state index in [1.54, 1.807) is 0 Å². The summed E-state index contributed by atoms with van der Waals surface area (Å²) in [6, 6.07) is 16.8. The fourth-order valence-corrected chi connectivity index (χ4v) is 4.73. The van der Waals surface area contributed by atoms with E-state index in [1.165, 1.54) is 29.2 Å². The molecule has 0 aromatic heterocycles. The molecule has 0 fully saturated rings. The molecule has 4 heteroatoms. The first-order valence-corrected chi connectivity index (χ1v) is 8.56. The van der Waals surface area contributed by atoms with E-state index in [1.807, 2.05) is 18.3 Å². The number of rotatable bonds is 3. The Bertz CT molecular complexity index is 727. The van der Waals surface area contributed by atoms with Gasteiger partial charge in [-0.25, -0.2) is 4.79 Å². The zero-order valence-electron chi connectivity index (χ0n) is 12.7. The van der Waals surface area contributed by atoms with E-state index in [4.69, 9.17) is 4.74 Å². The smallest absolute Gasteiger partial charge is 0.332 e. The van der Waals surface area contributed by atoms with Gasteiger partial charge in [-0.2, -0.15) is 4.31 Å². The van der Waals surface area contributed by atoms with Gasteiger partial charge in [0.25, 0.3) is 0 Å². The molecule has 22 heavy (non-hydrogen) atoms. The van der Waals surface area contributed by atoms with Crippen LogP contribution < -0.4 is 4.31 Å². The van der Waals surface area contributed by atoms with Crippen LogP contribution in [-0.4, -0.2) is 18.8 Å². The summed E-state index contributed by atoms with van der Waals surface area (Å²) in [7, 11) is 1.39. The molecule has 2 aromatic rings. The van der Waals surface area contributed by atoms with Gasteiger partial charge in [0.2, 0.25) is 0 Å². The van der Waals surface area contributed by atoms with Crippen molar-refractivity contribution in [3.05, 3.63) is 60.8 Å². The summed E-state index contributed by atoms with van der Waals surface area (Å²) in [6.07, 6.45) is 3.33. The molecule has 3 rings (SSSR count). The van der Waals surface area contributed by atoms with Gasteiger partial charge in [0.15, 0.2) is 4.90 Å². The Morgan fingerprint density at radius 1 is 1.14 bits per heavy atom. The van der Waals surface area contributed by atoms with Crippen molar-refractivity contribution >= 4 is 22.7 Å². The number of anilines is 1. The maximum Gasteiger partial charge on any atom is 0.332 e. The highest BCUT2D eigenvalue weighted by molar-refractivity contribution is 7.98. The van der Waals surface area contributed by atoms with Gasteiger partial charge in [0, 0.05) is 17.2 Å². The summed E-state index contributed by atoms with van der Waals surface area (Å²) >= 11 is -0.105. The quantitative estimate of drug-likeness (QED) is 0.491. The topological polar surface area (TPSA) is 29.5 Å². The monoisotopic (exact) mass is 312 g/mol. The first kappa shape index (κ1) is 14.7. The van der Waals surface area contributed by atoms with E-state index in [9.17, 15) is 4.79 Å². The van der Waals surface area contributed by atoms with Crippen LogP contribution in [0.3, 0.4) is 0 Å². The number of hydrogen-bond acceptors (Lipinski definition) is 3. The van der Waals surface area contributed by atoms with Crippen LogP contribution in [0, 0.1) is 0 Å². The largest absolute Gasteiger partial charge is 0.466 e. The number of ether oxygens (including phenoxy) is 1. The lowest BCUT2D eigenvalue weighted by Crippen LogP contribution is -2.31. The van der Waals surface area contributed by atoms with Gasteiger partial charge in [0.05, 0.1) is 19.0 Å². The highest BCUT2D eigenvalue weighted by Gasteiger charge is 2.37. The standard InChI is InChI=1S/C18H18NO2S/c1-3-22-17-11-7-5-9-15(17)14-8-4-6-10-16(14)19(22)13-12-18(20)21-2/h4-13H,3H2,1-2H3/q+1. The zero-order valence-corrected chi connectivity index (χ0v) is 13.5. The maximum atomic E-state index is 11.5. The summed E-state index contributed by atoms with van der Waals surface area (Å²) < 4.78 is 6.91. The Morgan fingerprint density at radius 3 is 2.55 bits per heavy atom. The lowest BCUT2D eigenvalue weighted by molar-refractivity contribution is -0.134. The molecular weight excluding hydrogens is 294 g/mol. The minimum atomic E-state index is -0.337. The van der Waals surface area contributed by atoms with Gasteiger partial charge >= 0.3 is 5.97 Å². The van der Waals surface area contributed by atoms with Gasteiger partial charge in [-0.05, 0) is 25.1 Å². The van der Waals surface area contributed by atoms with Crippen LogP contribution in [0.15, 0.2) is 65.7 Å². The number of para-hydroxylation sites is 1. The third-order valence-corrected chi connectivity index (χ3v) is 5.83. The van der Waals surface area contributed by atoms with Crippen molar-refractivity contribution < 1.29 is 9.53 Å². The average Bonchev–Trinajstić information content (AvgIpc) is 2.59. The van der Waals surface area contributed by atoms with E-state index in [0.29, 0.717) is 0 Å². The molecule has 2 aromatic carbocycles. The average molecular weight is 312 g/mol. The first-order valence-electron chi connectivity index (χ1n) is 7.21. The molecular formula is C18H18NO2S+. The number of benzene rings is 2. The molecule has 0 N–H and O–H groups in total. The fourth-order valence-electron chi connectivity index (χ4n) is 2.66. The lowest BCUT2D eigenvalue weighted by atomic mass is 10.0. The molecule has 1 aliphatic heterocycles. The van der Waals surface area contributed by atoms with Crippen molar-refractivity contribution in [3.63, 3.8) is 0 Å². The normalized spacial score (nSPS) is 16.3. The van der Waals surface area contributed by atoms with E-state index in [-0.39, 0.29) is 17.1 Å². The number of methoxy groups -OCH3 is 1. The lowest BCUT2D eigenvalue weighted by Gasteiger charge is -2.27. The van der Waals surface area contributed by atoms with Crippen LogP contribution in [0.1, 0.15) is 6.92 Å². The van der Waals surface area contributed by atoms with E-state index < -0.39 is 0 Å². The van der Waals surface area contributed by atoms with Crippen LogP contribution in [-0.2, 0) is 20.6 Å². The van der Waals surface area contributed by atoms with Crippen molar-refractivity contribution in [1.82, 2.24) is 0 Å². The molecule has 112 valence electrons. The molecule has 3 nitrogen and oxygen atoms in total. The fraction of sp³-hybridized carbons (Fsp3) is 0.167. The molecule has 0 saturated carbocycles. The third-order valence-electron chi connectivity index (χ3n) is 3.63. The second kappa shape index (κ2) is 6.28. The molecule has 0 aliphatic carbocycles. The Morgan fingerprint density at radius 2 is 1.82 bits per heavy atom. The van der Waals surface area contributed by atoms with Crippen LogP contribution in [0.25, 0.3) is 11.1 Å². The predicted octanol–water partition coefficient (Wildman–Crippen LogP) is 3.77. The SMILES string of the molecule is CC[S+]1c2ccccc2-c2ccccc2N1C=CC(=O)OC.